The molecule has 1 heterocycles. The predicted molar refractivity (Wildman–Crippen MR) is 118 cm³/mol. The van der Waals surface area contributed by atoms with Crippen LogP contribution in [-0.2, 0) is 19.7 Å². The summed E-state index contributed by atoms with van der Waals surface area (Å²) in [4.78, 5) is 41.5. The number of benzene rings is 3. The lowest BCUT2D eigenvalue weighted by atomic mass is 9.48. The second-order valence-electron chi connectivity index (χ2n) is 8.88. The molecule has 32 heavy (non-hydrogen) atoms. The van der Waals surface area contributed by atoms with Crippen LogP contribution in [0.4, 0.5) is 5.69 Å². The number of hydrogen-bond donors (Lipinski definition) is 0. The van der Waals surface area contributed by atoms with Crippen molar-refractivity contribution in [1.82, 2.24) is 0 Å². The van der Waals surface area contributed by atoms with Gasteiger partial charge >= 0.3 is 5.97 Å². The van der Waals surface area contributed by atoms with Crippen LogP contribution in [-0.4, -0.2) is 24.9 Å². The standard InChI is InChI=1S/C27H21NO4/c1-27-18-12-6-3-9-15(18)21(16-10-4-7-13-19(16)27)22-23(27)25(30)28(24(22)29)20-14-8-5-11-17(20)26(31)32-2/h3-14,21-23H,1-2H3/t21?,22-,23+,27?/m1/s1. The average molecular weight is 423 g/mol. The van der Waals surface area contributed by atoms with Crippen molar-refractivity contribution in [2.45, 2.75) is 18.3 Å². The van der Waals surface area contributed by atoms with Crippen LogP contribution < -0.4 is 4.90 Å². The van der Waals surface area contributed by atoms with E-state index in [1.165, 1.54) is 12.0 Å². The molecule has 4 aliphatic rings. The molecule has 0 spiro atoms. The predicted octanol–water partition coefficient (Wildman–Crippen LogP) is 4.04. The highest BCUT2D eigenvalue weighted by Gasteiger charge is 2.66. The zero-order valence-electron chi connectivity index (χ0n) is 17.7. The molecule has 1 saturated heterocycles. The Hall–Kier alpha value is -3.73. The first kappa shape index (κ1) is 19.0. The SMILES string of the molecule is COC(=O)c1ccccc1N1C(=O)[C@@H]2C3c4ccccc4C(C)(c4ccccc43)[C@@H]2C1=O. The maximum atomic E-state index is 14.0. The molecule has 5 nitrogen and oxygen atoms in total. The number of carbonyl (C=O) groups excluding carboxylic acids is 3. The van der Waals surface area contributed by atoms with Gasteiger partial charge in [0, 0.05) is 11.3 Å². The molecule has 3 aromatic carbocycles. The average Bonchev–Trinajstić information content (AvgIpc) is 3.10. The molecule has 0 unspecified atom stereocenters. The van der Waals surface area contributed by atoms with Gasteiger partial charge in [0.1, 0.15) is 0 Å². The quantitative estimate of drug-likeness (QED) is 0.461. The van der Waals surface area contributed by atoms with Crippen LogP contribution >= 0.6 is 0 Å². The minimum Gasteiger partial charge on any atom is -0.465 e. The number of carbonyl (C=O) groups is 3. The van der Waals surface area contributed by atoms with E-state index in [1.54, 1.807) is 24.3 Å². The monoisotopic (exact) mass is 423 g/mol. The van der Waals surface area contributed by atoms with Gasteiger partial charge in [0.2, 0.25) is 11.8 Å². The Kier molecular flexibility index (Phi) is 3.79. The normalized spacial score (nSPS) is 27.1. The zero-order valence-corrected chi connectivity index (χ0v) is 17.7. The summed E-state index contributed by atoms with van der Waals surface area (Å²) in [6, 6.07) is 22.9. The van der Waals surface area contributed by atoms with E-state index in [0.29, 0.717) is 5.69 Å². The van der Waals surface area contributed by atoms with E-state index < -0.39 is 23.2 Å². The molecule has 0 radical (unpaired) electrons. The summed E-state index contributed by atoms with van der Waals surface area (Å²) in [5, 5.41) is 0. The van der Waals surface area contributed by atoms with E-state index in [-0.39, 0.29) is 23.3 Å². The molecule has 3 aromatic rings. The third-order valence-corrected chi connectivity index (χ3v) is 7.59. The van der Waals surface area contributed by atoms with Crippen LogP contribution in [0.3, 0.4) is 0 Å². The second-order valence-corrected chi connectivity index (χ2v) is 8.88. The third-order valence-electron chi connectivity index (χ3n) is 7.59. The van der Waals surface area contributed by atoms with Crippen LogP contribution in [0.15, 0.2) is 72.8 Å². The lowest BCUT2D eigenvalue weighted by molar-refractivity contribution is -0.123. The van der Waals surface area contributed by atoms with Gasteiger partial charge in [-0.15, -0.1) is 0 Å². The van der Waals surface area contributed by atoms with Gasteiger partial charge in [-0.3, -0.25) is 9.59 Å². The Labute approximate surface area is 185 Å². The largest absolute Gasteiger partial charge is 0.465 e. The smallest absolute Gasteiger partial charge is 0.339 e. The molecule has 0 aromatic heterocycles. The summed E-state index contributed by atoms with van der Waals surface area (Å²) < 4.78 is 4.91. The Morgan fingerprint density at radius 1 is 0.844 bits per heavy atom. The van der Waals surface area contributed by atoms with Crippen molar-refractivity contribution in [2.75, 3.05) is 12.0 Å². The third kappa shape index (κ3) is 2.11. The molecule has 0 saturated carbocycles. The number of nitrogens with zero attached hydrogens (tertiary/aromatic N) is 1. The number of hydrogen-bond acceptors (Lipinski definition) is 4. The van der Waals surface area contributed by atoms with Crippen LogP contribution in [0, 0.1) is 11.8 Å². The fourth-order valence-electron chi connectivity index (χ4n) is 6.34. The van der Waals surface area contributed by atoms with Crippen LogP contribution in [0.2, 0.25) is 0 Å². The van der Waals surface area contributed by atoms with Crippen molar-refractivity contribution in [3.8, 4) is 0 Å². The van der Waals surface area contributed by atoms with Crippen molar-refractivity contribution >= 4 is 23.5 Å². The van der Waals surface area contributed by atoms with Gasteiger partial charge in [-0.1, -0.05) is 67.6 Å². The molecular formula is C27H21NO4. The van der Waals surface area contributed by atoms with Crippen LogP contribution in [0.5, 0.6) is 0 Å². The highest BCUT2D eigenvalue weighted by atomic mass is 16.5. The minimum absolute atomic E-state index is 0.194. The van der Waals surface area contributed by atoms with E-state index in [0.717, 1.165) is 22.3 Å². The molecule has 2 amide bonds. The Morgan fingerprint density at radius 3 is 2.03 bits per heavy atom. The van der Waals surface area contributed by atoms with Crippen molar-refractivity contribution in [3.05, 3.63) is 101 Å². The molecule has 0 N–H and O–H groups in total. The van der Waals surface area contributed by atoms with Gasteiger partial charge in [0.25, 0.3) is 0 Å². The Morgan fingerprint density at radius 2 is 1.41 bits per heavy atom. The van der Waals surface area contributed by atoms with Crippen molar-refractivity contribution in [2.24, 2.45) is 11.8 Å². The Balaban J connectivity index is 1.60. The van der Waals surface area contributed by atoms with Gasteiger partial charge < -0.3 is 4.74 Å². The first-order chi connectivity index (χ1) is 15.5. The molecule has 2 atom stereocenters. The summed E-state index contributed by atoms with van der Waals surface area (Å²) in [6.45, 7) is 2.08. The number of anilines is 1. The molecule has 5 heteroatoms. The topological polar surface area (TPSA) is 63.7 Å². The molecule has 1 aliphatic heterocycles. The number of amides is 2. The van der Waals surface area contributed by atoms with Gasteiger partial charge in [-0.2, -0.15) is 0 Å². The number of para-hydroxylation sites is 1. The molecule has 2 bridgehead atoms. The van der Waals surface area contributed by atoms with E-state index in [2.05, 4.69) is 31.2 Å². The van der Waals surface area contributed by atoms with Gasteiger partial charge in [-0.05, 0) is 34.4 Å². The lowest BCUT2D eigenvalue weighted by Gasteiger charge is -2.52. The van der Waals surface area contributed by atoms with Gasteiger partial charge in [0.15, 0.2) is 0 Å². The van der Waals surface area contributed by atoms with E-state index in [4.69, 9.17) is 4.74 Å². The first-order valence-electron chi connectivity index (χ1n) is 10.7. The maximum Gasteiger partial charge on any atom is 0.339 e. The highest BCUT2D eigenvalue weighted by Crippen LogP contribution is 2.64. The van der Waals surface area contributed by atoms with E-state index in [1.807, 2.05) is 24.3 Å². The van der Waals surface area contributed by atoms with Crippen LogP contribution in [0.25, 0.3) is 0 Å². The van der Waals surface area contributed by atoms with Crippen molar-refractivity contribution in [3.63, 3.8) is 0 Å². The number of imide groups is 1. The first-order valence-corrected chi connectivity index (χ1v) is 10.7. The minimum atomic E-state index is -0.631. The summed E-state index contributed by atoms with van der Waals surface area (Å²) in [7, 11) is 1.29. The zero-order chi connectivity index (χ0) is 22.2. The van der Waals surface area contributed by atoms with Crippen molar-refractivity contribution in [1.29, 1.82) is 0 Å². The highest BCUT2D eigenvalue weighted by molar-refractivity contribution is 6.25. The number of rotatable bonds is 2. The van der Waals surface area contributed by atoms with Gasteiger partial charge in [-0.25, -0.2) is 9.69 Å². The number of ether oxygens (including phenoxy) is 1. The number of methoxy groups -OCH3 is 1. The Bertz CT molecular complexity index is 1280. The molecule has 158 valence electrons. The van der Waals surface area contributed by atoms with E-state index in [9.17, 15) is 14.4 Å². The van der Waals surface area contributed by atoms with Crippen molar-refractivity contribution < 1.29 is 19.1 Å². The fraction of sp³-hybridized carbons (Fsp3) is 0.222. The lowest BCUT2D eigenvalue weighted by Crippen LogP contribution is -2.51. The summed E-state index contributed by atoms with van der Waals surface area (Å²) in [5.41, 5.74) is 4.30. The van der Waals surface area contributed by atoms with Gasteiger partial charge in [0.05, 0.1) is 30.2 Å². The molecule has 3 aliphatic carbocycles. The summed E-state index contributed by atoms with van der Waals surface area (Å²) in [5.74, 6) is -2.32. The molecular weight excluding hydrogens is 402 g/mol. The second kappa shape index (κ2) is 6.39. The summed E-state index contributed by atoms with van der Waals surface area (Å²) >= 11 is 0. The van der Waals surface area contributed by atoms with Crippen LogP contribution in [0.1, 0.15) is 45.5 Å². The number of esters is 1. The van der Waals surface area contributed by atoms with E-state index >= 15 is 0 Å². The molecule has 1 fully saturated rings. The fourth-order valence-corrected chi connectivity index (χ4v) is 6.34. The summed E-state index contributed by atoms with van der Waals surface area (Å²) in [6.07, 6.45) is 0. The maximum absolute atomic E-state index is 14.0. The molecule has 7 rings (SSSR count).